The first-order chi connectivity index (χ1) is 11.6. The topological polar surface area (TPSA) is 98.2 Å². The summed E-state index contributed by atoms with van der Waals surface area (Å²) < 4.78 is 15.8. The molecule has 0 aliphatic carbocycles. The van der Waals surface area contributed by atoms with Crippen LogP contribution in [0.3, 0.4) is 0 Å². The number of carbonyl (C=O) groups is 2. The maximum absolute atomic E-state index is 11.6. The molecule has 0 spiro atoms. The van der Waals surface area contributed by atoms with Crippen molar-refractivity contribution >= 4 is 18.0 Å². The Kier molecular flexibility index (Phi) is 6.56. The Labute approximate surface area is 140 Å². The third kappa shape index (κ3) is 5.54. The Bertz CT molecular complexity index is 616. The van der Waals surface area contributed by atoms with Gasteiger partial charge in [-0.15, -0.1) is 0 Å². The van der Waals surface area contributed by atoms with E-state index in [4.69, 9.17) is 14.2 Å². The Balaban J connectivity index is 1.69. The normalized spacial score (nSPS) is 12.6. The van der Waals surface area contributed by atoms with Crippen LogP contribution in [-0.2, 0) is 14.3 Å². The number of nitrogens with zero attached hydrogens (tertiary/aromatic N) is 1. The summed E-state index contributed by atoms with van der Waals surface area (Å²) in [5, 5.41) is 6.25. The van der Waals surface area contributed by atoms with Crippen molar-refractivity contribution in [1.82, 2.24) is 10.7 Å². The van der Waals surface area contributed by atoms with Crippen molar-refractivity contribution in [2.24, 2.45) is 5.10 Å². The third-order valence-corrected chi connectivity index (χ3v) is 3.04. The van der Waals surface area contributed by atoms with Gasteiger partial charge in [0.15, 0.2) is 11.5 Å². The van der Waals surface area contributed by atoms with Gasteiger partial charge < -0.3 is 19.5 Å². The summed E-state index contributed by atoms with van der Waals surface area (Å²) in [5.74, 6) is -0.275. The average molecular weight is 335 g/mol. The fraction of sp³-hybridized carbons (Fsp3) is 0.438. The van der Waals surface area contributed by atoms with E-state index in [-0.39, 0.29) is 12.9 Å². The fourth-order valence-electron chi connectivity index (χ4n) is 1.88. The second kappa shape index (κ2) is 8.88. The van der Waals surface area contributed by atoms with E-state index < -0.39 is 11.8 Å². The van der Waals surface area contributed by atoms with Crippen LogP contribution in [-0.4, -0.2) is 44.1 Å². The Hall–Kier alpha value is -2.61. The van der Waals surface area contributed by atoms with Crippen molar-refractivity contribution in [3.8, 4) is 11.5 Å². The summed E-state index contributed by atoms with van der Waals surface area (Å²) in [6, 6.07) is 5.24. The lowest BCUT2D eigenvalue weighted by molar-refractivity contribution is -0.139. The summed E-state index contributed by atoms with van der Waals surface area (Å²) in [6.45, 7) is 4.95. The van der Waals surface area contributed by atoms with Crippen molar-refractivity contribution in [2.75, 3.05) is 19.9 Å². The fourth-order valence-corrected chi connectivity index (χ4v) is 1.88. The molecule has 1 aliphatic heterocycles. The molecular weight excluding hydrogens is 314 g/mol. The number of nitrogens with one attached hydrogen (secondary N) is 2. The predicted molar refractivity (Wildman–Crippen MR) is 87.0 cm³/mol. The van der Waals surface area contributed by atoms with E-state index in [1.807, 2.05) is 13.8 Å². The number of ether oxygens (including phenoxy) is 3. The van der Waals surface area contributed by atoms with Crippen molar-refractivity contribution < 1.29 is 23.8 Å². The lowest BCUT2D eigenvalue weighted by Crippen LogP contribution is -2.38. The molecule has 0 aromatic heterocycles. The molecule has 1 aliphatic rings. The van der Waals surface area contributed by atoms with Crippen molar-refractivity contribution in [1.29, 1.82) is 0 Å². The number of benzene rings is 1. The number of hydrazone groups is 1. The second-order valence-electron chi connectivity index (χ2n) is 5.34. The largest absolute Gasteiger partial charge is 0.454 e. The summed E-state index contributed by atoms with van der Waals surface area (Å²) in [4.78, 5) is 23.1. The molecule has 0 fully saturated rings. The minimum atomic E-state index is -0.822. The van der Waals surface area contributed by atoms with E-state index in [0.29, 0.717) is 36.6 Å². The number of hydrogen-bond donors (Lipinski definition) is 2. The lowest BCUT2D eigenvalue weighted by atomic mass is 10.2. The minimum absolute atomic E-state index is 0.148. The highest BCUT2D eigenvalue weighted by Gasteiger charge is 2.13. The molecule has 130 valence electrons. The molecule has 0 saturated carbocycles. The van der Waals surface area contributed by atoms with Crippen molar-refractivity contribution in [3.63, 3.8) is 0 Å². The van der Waals surface area contributed by atoms with Crippen LogP contribution >= 0.6 is 0 Å². The molecule has 1 aromatic carbocycles. The molecule has 0 radical (unpaired) electrons. The zero-order chi connectivity index (χ0) is 17.4. The van der Waals surface area contributed by atoms with Gasteiger partial charge in [0.2, 0.25) is 6.79 Å². The van der Waals surface area contributed by atoms with Crippen LogP contribution in [0.5, 0.6) is 11.5 Å². The molecule has 8 nitrogen and oxygen atoms in total. The smallest absolute Gasteiger partial charge is 0.329 e. The molecule has 0 atom stereocenters. The van der Waals surface area contributed by atoms with Crippen LogP contribution in [0.2, 0.25) is 0 Å². The summed E-state index contributed by atoms with van der Waals surface area (Å²) in [5.41, 5.74) is 2.89. The average Bonchev–Trinajstić information content (AvgIpc) is 3.01. The van der Waals surface area contributed by atoms with E-state index in [0.717, 1.165) is 0 Å². The molecule has 24 heavy (non-hydrogen) atoms. The van der Waals surface area contributed by atoms with Gasteiger partial charge in [0, 0.05) is 13.2 Å². The van der Waals surface area contributed by atoms with Crippen LogP contribution in [0.25, 0.3) is 0 Å². The van der Waals surface area contributed by atoms with E-state index in [9.17, 15) is 9.59 Å². The monoisotopic (exact) mass is 335 g/mol. The van der Waals surface area contributed by atoms with Gasteiger partial charge in [0.1, 0.15) is 0 Å². The molecule has 2 amide bonds. The molecule has 2 rings (SSSR count). The zero-order valence-electron chi connectivity index (χ0n) is 13.7. The van der Waals surface area contributed by atoms with Crippen LogP contribution in [0, 0.1) is 0 Å². The van der Waals surface area contributed by atoms with Gasteiger partial charge in [-0.2, -0.15) is 5.10 Å². The second-order valence-corrected chi connectivity index (χ2v) is 5.34. The van der Waals surface area contributed by atoms with Gasteiger partial charge in [-0.1, -0.05) is 0 Å². The van der Waals surface area contributed by atoms with Crippen molar-refractivity contribution in [2.45, 2.75) is 26.4 Å². The molecule has 2 N–H and O–H groups in total. The highest BCUT2D eigenvalue weighted by atomic mass is 16.7. The Morgan fingerprint density at radius 3 is 2.88 bits per heavy atom. The molecular formula is C16H21N3O5. The quantitative estimate of drug-likeness (QED) is 0.332. The maximum atomic E-state index is 11.6. The number of rotatable bonds is 7. The SMILES string of the molecule is CC(C)OCCCNC(=O)C(=O)N/N=C\c1ccc2c(c1)OCO2. The summed E-state index contributed by atoms with van der Waals surface area (Å²) in [7, 11) is 0. The number of amides is 2. The molecule has 0 bridgehead atoms. The molecule has 8 heteroatoms. The van der Waals surface area contributed by atoms with Crippen LogP contribution in [0.1, 0.15) is 25.8 Å². The van der Waals surface area contributed by atoms with Crippen LogP contribution < -0.4 is 20.2 Å². The van der Waals surface area contributed by atoms with E-state index in [1.165, 1.54) is 6.21 Å². The maximum Gasteiger partial charge on any atom is 0.329 e. The predicted octanol–water partition coefficient (Wildman–Crippen LogP) is 0.797. The van der Waals surface area contributed by atoms with Crippen molar-refractivity contribution in [3.05, 3.63) is 23.8 Å². The van der Waals surface area contributed by atoms with Gasteiger partial charge in [0.25, 0.3) is 0 Å². The van der Waals surface area contributed by atoms with Crippen LogP contribution in [0.15, 0.2) is 23.3 Å². The summed E-state index contributed by atoms with van der Waals surface area (Å²) >= 11 is 0. The third-order valence-electron chi connectivity index (χ3n) is 3.04. The van der Waals surface area contributed by atoms with E-state index in [2.05, 4.69) is 15.8 Å². The molecule has 0 unspecified atom stereocenters. The molecule has 1 heterocycles. The van der Waals surface area contributed by atoms with Gasteiger partial charge in [0.05, 0.1) is 12.3 Å². The minimum Gasteiger partial charge on any atom is -0.454 e. The first kappa shape index (κ1) is 17.7. The highest BCUT2D eigenvalue weighted by molar-refractivity contribution is 6.35. The van der Waals surface area contributed by atoms with Crippen LogP contribution in [0.4, 0.5) is 0 Å². The number of carbonyl (C=O) groups excluding carboxylic acids is 2. The standard InChI is InChI=1S/C16H21N3O5/c1-11(2)22-7-3-6-17-15(20)16(21)19-18-9-12-4-5-13-14(8-12)24-10-23-13/h4-5,8-9,11H,3,6-7,10H2,1-2H3,(H,17,20)(H,19,21)/b18-9-. The van der Waals surface area contributed by atoms with Gasteiger partial charge in [-0.25, -0.2) is 5.43 Å². The number of hydrogen-bond acceptors (Lipinski definition) is 6. The summed E-state index contributed by atoms with van der Waals surface area (Å²) in [6.07, 6.45) is 2.20. The zero-order valence-corrected chi connectivity index (χ0v) is 13.7. The lowest BCUT2D eigenvalue weighted by Gasteiger charge is -2.07. The number of fused-ring (bicyclic) bond motifs is 1. The van der Waals surface area contributed by atoms with E-state index >= 15 is 0 Å². The van der Waals surface area contributed by atoms with Gasteiger partial charge in [-0.05, 0) is 44.0 Å². The Morgan fingerprint density at radius 2 is 2.08 bits per heavy atom. The Morgan fingerprint density at radius 1 is 1.29 bits per heavy atom. The van der Waals surface area contributed by atoms with Gasteiger partial charge >= 0.3 is 11.8 Å². The van der Waals surface area contributed by atoms with Gasteiger partial charge in [-0.3, -0.25) is 9.59 Å². The first-order valence-corrected chi connectivity index (χ1v) is 7.68. The molecule has 1 aromatic rings. The molecule has 0 saturated heterocycles. The van der Waals surface area contributed by atoms with E-state index in [1.54, 1.807) is 18.2 Å². The highest BCUT2D eigenvalue weighted by Crippen LogP contribution is 2.31. The first-order valence-electron chi connectivity index (χ1n) is 7.68.